The van der Waals surface area contributed by atoms with Crippen molar-refractivity contribution in [2.24, 2.45) is 0 Å². The van der Waals surface area contributed by atoms with Crippen molar-refractivity contribution in [3.05, 3.63) is 70.2 Å². The molecule has 1 amide bonds. The fraction of sp³-hybridized carbons (Fsp3) is 0.118. The number of nitrogens with zero attached hydrogens (tertiary/aromatic N) is 2. The van der Waals surface area contributed by atoms with E-state index in [1.165, 1.54) is 18.0 Å². The first-order valence-corrected chi connectivity index (χ1v) is 7.73. The van der Waals surface area contributed by atoms with Gasteiger partial charge in [-0.25, -0.2) is 0 Å². The number of rotatable bonds is 3. The summed E-state index contributed by atoms with van der Waals surface area (Å²) >= 11 is 3.36. The van der Waals surface area contributed by atoms with Gasteiger partial charge in [-0.15, -0.1) is 0 Å². The van der Waals surface area contributed by atoms with Crippen LogP contribution in [0, 0.1) is 0 Å². The van der Waals surface area contributed by atoms with Crippen molar-refractivity contribution >= 4 is 33.3 Å². The lowest BCUT2D eigenvalue weighted by molar-refractivity contribution is -0.117. The van der Waals surface area contributed by atoms with Crippen LogP contribution in [0.25, 0.3) is 0 Å². The molecular formula is C17H13BrN2O3. The van der Waals surface area contributed by atoms with Gasteiger partial charge in [0.2, 0.25) is 0 Å². The van der Waals surface area contributed by atoms with Gasteiger partial charge >= 0.3 is 0 Å². The van der Waals surface area contributed by atoms with Crippen LogP contribution in [0.2, 0.25) is 0 Å². The van der Waals surface area contributed by atoms with Crippen molar-refractivity contribution in [2.75, 3.05) is 4.90 Å². The van der Waals surface area contributed by atoms with Crippen LogP contribution in [-0.4, -0.2) is 21.8 Å². The van der Waals surface area contributed by atoms with Crippen LogP contribution in [0.3, 0.4) is 0 Å². The van der Waals surface area contributed by atoms with Gasteiger partial charge in [0.15, 0.2) is 11.5 Å². The smallest absolute Gasteiger partial charge is 0.294 e. The van der Waals surface area contributed by atoms with E-state index in [1.54, 1.807) is 18.3 Å². The molecule has 1 atom stereocenters. The second-order valence-electron chi connectivity index (χ2n) is 5.16. The summed E-state index contributed by atoms with van der Waals surface area (Å²) in [6.45, 7) is 1.34. The van der Waals surface area contributed by atoms with Crippen LogP contribution in [0.5, 0.6) is 0 Å². The molecule has 0 bridgehead atoms. The van der Waals surface area contributed by atoms with Gasteiger partial charge in [-0.2, -0.15) is 0 Å². The number of aromatic nitrogens is 1. The van der Waals surface area contributed by atoms with E-state index < -0.39 is 17.7 Å². The number of carbonyl (C=O) groups excluding carboxylic acids is 2. The molecule has 0 saturated heterocycles. The van der Waals surface area contributed by atoms with E-state index in [2.05, 4.69) is 20.9 Å². The molecule has 0 spiro atoms. The number of anilines is 1. The van der Waals surface area contributed by atoms with Crippen molar-refractivity contribution < 1.29 is 14.7 Å². The number of hydrogen-bond acceptors (Lipinski definition) is 4. The number of aliphatic hydroxyl groups is 1. The summed E-state index contributed by atoms with van der Waals surface area (Å²) in [6, 6.07) is 10.0. The van der Waals surface area contributed by atoms with Crippen LogP contribution >= 0.6 is 15.9 Å². The molecular weight excluding hydrogens is 360 g/mol. The molecule has 3 rings (SSSR count). The molecule has 116 valence electrons. The Bertz CT molecular complexity index is 800. The minimum atomic E-state index is -0.669. The molecule has 6 heteroatoms. The molecule has 2 aromatic rings. The highest BCUT2D eigenvalue weighted by atomic mass is 79.9. The fourth-order valence-electron chi connectivity index (χ4n) is 2.69. The summed E-state index contributed by atoms with van der Waals surface area (Å²) in [7, 11) is 0. The zero-order valence-corrected chi connectivity index (χ0v) is 13.8. The lowest BCUT2D eigenvalue weighted by atomic mass is 9.96. The third-order valence-corrected chi connectivity index (χ3v) is 4.23. The molecule has 0 saturated carbocycles. The second-order valence-corrected chi connectivity index (χ2v) is 6.07. The first-order chi connectivity index (χ1) is 11.0. The monoisotopic (exact) mass is 372 g/mol. The number of benzene rings is 1. The van der Waals surface area contributed by atoms with Crippen molar-refractivity contribution in [3.63, 3.8) is 0 Å². The summed E-state index contributed by atoms with van der Waals surface area (Å²) in [4.78, 5) is 29.9. The zero-order chi connectivity index (χ0) is 16.6. The lowest BCUT2D eigenvalue weighted by Gasteiger charge is -2.26. The number of hydrogen-bond donors (Lipinski definition) is 1. The molecule has 0 fully saturated rings. The quantitative estimate of drug-likeness (QED) is 0.896. The molecule has 1 aliphatic rings. The largest absolute Gasteiger partial charge is 0.503 e. The average molecular weight is 373 g/mol. The Hall–Kier alpha value is -2.47. The number of amides is 1. The summed E-state index contributed by atoms with van der Waals surface area (Å²) < 4.78 is 0.885. The van der Waals surface area contributed by atoms with Gasteiger partial charge < -0.3 is 5.11 Å². The van der Waals surface area contributed by atoms with Gasteiger partial charge in [-0.05, 0) is 36.8 Å². The molecule has 1 aromatic heterocycles. The Morgan fingerprint density at radius 3 is 2.52 bits per heavy atom. The maximum Gasteiger partial charge on any atom is 0.294 e. The van der Waals surface area contributed by atoms with E-state index in [0.29, 0.717) is 5.69 Å². The highest BCUT2D eigenvalue weighted by molar-refractivity contribution is 9.10. The van der Waals surface area contributed by atoms with E-state index in [0.717, 1.165) is 10.0 Å². The maximum atomic E-state index is 12.5. The van der Waals surface area contributed by atoms with Crippen LogP contribution in [0.4, 0.5) is 5.69 Å². The van der Waals surface area contributed by atoms with Gasteiger partial charge in [0.05, 0.1) is 23.5 Å². The Balaban J connectivity index is 2.17. The normalized spacial score (nSPS) is 17.7. The topological polar surface area (TPSA) is 70.5 Å². The van der Waals surface area contributed by atoms with E-state index in [-0.39, 0.29) is 11.4 Å². The Morgan fingerprint density at radius 1 is 1.26 bits per heavy atom. The van der Waals surface area contributed by atoms with Gasteiger partial charge in [0.25, 0.3) is 5.91 Å². The van der Waals surface area contributed by atoms with E-state index in [9.17, 15) is 14.7 Å². The summed E-state index contributed by atoms with van der Waals surface area (Å²) in [5, 5.41) is 10.2. The van der Waals surface area contributed by atoms with E-state index >= 15 is 0 Å². The Labute approximate surface area is 141 Å². The second kappa shape index (κ2) is 5.96. The van der Waals surface area contributed by atoms with Gasteiger partial charge in [0, 0.05) is 10.7 Å². The van der Waals surface area contributed by atoms with Gasteiger partial charge in [-0.1, -0.05) is 28.1 Å². The summed E-state index contributed by atoms with van der Waals surface area (Å²) in [6.07, 6.45) is 3.12. The van der Waals surface area contributed by atoms with Crippen LogP contribution in [0.1, 0.15) is 18.5 Å². The fourth-order valence-corrected chi connectivity index (χ4v) is 2.95. The molecule has 0 aliphatic carbocycles. The lowest BCUT2D eigenvalue weighted by Crippen LogP contribution is -2.30. The number of halogens is 1. The average Bonchev–Trinajstić information content (AvgIpc) is 2.81. The molecule has 0 radical (unpaired) electrons. The molecule has 5 nitrogen and oxygen atoms in total. The van der Waals surface area contributed by atoms with Crippen molar-refractivity contribution in [2.45, 2.75) is 13.0 Å². The van der Waals surface area contributed by atoms with E-state index in [1.807, 2.05) is 24.3 Å². The van der Waals surface area contributed by atoms with Crippen LogP contribution in [-0.2, 0) is 9.59 Å². The predicted molar refractivity (Wildman–Crippen MR) is 88.9 cm³/mol. The third kappa shape index (κ3) is 2.66. The van der Waals surface area contributed by atoms with Crippen molar-refractivity contribution in [1.29, 1.82) is 0 Å². The summed E-state index contributed by atoms with van der Waals surface area (Å²) in [5.41, 5.74) is 1.36. The SMILES string of the molecule is CC(=O)C1=C(O)C(=O)N(c2cccnc2)[C@@H]1c1ccc(Br)cc1. The Kier molecular flexibility index (Phi) is 4.00. The van der Waals surface area contributed by atoms with E-state index in [4.69, 9.17) is 0 Å². The number of aliphatic hydroxyl groups excluding tert-OH is 1. The van der Waals surface area contributed by atoms with Crippen molar-refractivity contribution in [1.82, 2.24) is 4.98 Å². The highest BCUT2D eigenvalue weighted by Gasteiger charge is 2.43. The molecule has 1 aromatic carbocycles. The first kappa shape index (κ1) is 15.4. The van der Waals surface area contributed by atoms with Crippen LogP contribution < -0.4 is 4.90 Å². The van der Waals surface area contributed by atoms with Crippen molar-refractivity contribution in [3.8, 4) is 0 Å². The third-order valence-electron chi connectivity index (χ3n) is 3.70. The highest BCUT2D eigenvalue weighted by Crippen LogP contribution is 2.40. The number of Topliss-reactive ketones (excluding diaryl/α,β-unsaturated/α-hetero) is 1. The van der Waals surface area contributed by atoms with Crippen LogP contribution in [0.15, 0.2) is 64.6 Å². The predicted octanol–water partition coefficient (Wildman–Crippen LogP) is 3.33. The molecule has 23 heavy (non-hydrogen) atoms. The number of ketones is 1. The molecule has 0 unspecified atom stereocenters. The number of carbonyl (C=O) groups is 2. The molecule has 1 aliphatic heterocycles. The first-order valence-electron chi connectivity index (χ1n) is 6.94. The summed E-state index contributed by atoms with van der Waals surface area (Å²) in [5.74, 6) is -1.44. The molecule has 2 heterocycles. The minimum Gasteiger partial charge on any atom is -0.503 e. The van der Waals surface area contributed by atoms with Gasteiger partial charge in [0.1, 0.15) is 0 Å². The maximum absolute atomic E-state index is 12.5. The minimum absolute atomic E-state index is 0.0983. The molecule has 1 N–H and O–H groups in total. The standard InChI is InChI=1S/C17H13BrN2O3/c1-10(21)14-15(11-4-6-12(18)7-5-11)20(17(23)16(14)22)13-3-2-8-19-9-13/h2-9,15,22H,1H3/t15-/m1/s1. The zero-order valence-electron chi connectivity index (χ0n) is 12.2. The van der Waals surface area contributed by atoms with Gasteiger partial charge in [-0.3, -0.25) is 19.5 Å². The Morgan fingerprint density at radius 2 is 1.96 bits per heavy atom. The number of pyridine rings is 1.